The van der Waals surface area contributed by atoms with Crippen LogP contribution in [0.4, 0.5) is 0 Å². The van der Waals surface area contributed by atoms with Crippen molar-refractivity contribution in [3.05, 3.63) is 30.0 Å². The molecule has 21 heavy (non-hydrogen) atoms. The Morgan fingerprint density at radius 2 is 2.19 bits per heavy atom. The molecule has 1 atom stereocenters. The zero-order valence-corrected chi connectivity index (χ0v) is 12.9. The highest BCUT2D eigenvalue weighted by Crippen LogP contribution is 2.22. The minimum Gasteiger partial charge on any atom is -0.381 e. The monoisotopic (exact) mass is 289 g/mol. The molecule has 0 fully saturated rings. The zero-order chi connectivity index (χ0) is 15.4. The molecule has 5 heteroatoms. The van der Waals surface area contributed by atoms with Crippen LogP contribution < -0.4 is 5.73 Å². The summed E-state index contributed by atoms with van der Waals surface area (Å²) in [6.45, 7) is 7.98. The molecule has 0 saturated heterocycles. The lowest BCUT2D eigenvalue weighted by atomic mass is 9.98. The molecule has 2 aromatic rings. The minimum absolute atomic E-state index is 0.317. The molecular formula is C16H23N3O2. The number of fused-ring (bicyclic) bond motifs is 1. The number of nitrogens with zero attached hydrogens (tertiary/aromatic N) is 2. The van der Waals surface area contributed by atoms with Crippen LogP contribution in [-0.2, 0) is 16.1 Å². The Morgan fingerprint density at radius 1 is 1.43 bits per heavy atom. The van der Waals surface area contributed by atoms with Crippen LogP contribution in [0.3, 0.4) is 0 Å². The molecule has 0 radical (unpaired) electrons. The maximum atomic E-state index is 11.6. The van der Waals surface area contributed by atoms with Crippen LogP contribution in [0.1, 0.15) is 32.3 Å². The molecule has 0 aliphatic heterocycles. The minimum atomic E-state index is -0.414. The zero-order valence-electron chi connectivity index (χ0n) is 12.9. The van der Waals surface area contributed by atoms with Gasteiger partial charge in [-0.3, -0.25) is 9.48 Å². The highest BCUT2D eigenvalue weighted by atomic mass is 16.5. The van der Waals surface area contributed by atoms with Crippen molar-refractivity contribution in [3.63, 3.8) is 0 Å². The van der Waals surface area contributed by atoms with Crippen molar-refractivity contribution in [2.24, 2.45) is 11.7 Å². The molecule has 0 spiro atoms. The molecular weight excluding hydrogens is 266 g/mol. The topological polar surface area (TPSA) is 70.1 Å². The summed E-state index contributed by atoms with van der Waals surface area (Å²) in [4.78, 5) is 11.6. The molecule has 1 amide bonds. The Bertz CT molecular complexity index is 619. The molecule has 114 valence electrons. The van der Waals surface area contributed by atoms with Gasteiger partial charge in [0.05, 0.1) is 24.2 Å². The molecule has 1 aromatic carbocycles. The number of benzene rings is 1. The fourth-order valence-corrected chi connectivity index (χ4v) is 2.39. The summed E-state index contributed by atoms with van der Waals surface area (Å²) < 4.78 is 7.35. The van der Waals surface area contributed by atoms with Gasteiger partial charge in [-0.25, -0.2) is 0 Å². The number of aromatic nitrogens is 2. The maximum Gasteiger partial charge on any atom is 0.227 e. The average Bonchev–Trinajstić information content (AvgIpc) is 2.81. The third kappa shape index (κ3) is 3.61. The van der Waals surface area contributed by atoms with Crippen molar-refractivity contribution in [1.82, 2.24) is 9.78 Å². The number of carbonyl (C=O) groups excluding carboxylic acids is 1. The van der Waals surface area contributed by atoms with Gasteiger partial charge in [-0.05, 0) is 30.5 Å². The largest absolute Gasteiger partial charge is 0.381 e. The quantitative estimate of drug-likeness (QED) is 0.850. The third-order valence-corrected chi connectivity index (χ3v) is 3.44. The first-order valence-corrected chi connectivity index (χ1v) is 7.35. The smallest absolute Gasteiger partial charge is 0.227 e. The molecule has 1 unspecified atom stereocenters. The highest BCUT2D eigenvalue weighted by molar-refractivity contribution is 5.85. The maximum absolute atomic E-state index is 11.6. The van der Waals surface area contributed by atoms with Crippen LogP contribution in [0.25, 0.3) is 10.9 Å². The van der Waals surface area contributed by atoms with Gasteiger partial charge in [-0.2, -0.15) is 5.10 Å². The number of carbonyl (C=O) groups is 1. The Morgan fingerprint density at radius 3 is 2.81 bits per heavy atom. The SMILES string of the molecule is CCOCC(C(N)=O)c1ccc2c(cnn2CC(C)C)c1. The molecule has 2 rings (SSSR count). The summed E-state index contributed by atoms with van der Waals surface area (Å²) >= 11 is 0. The van der Waals surface area contributed by atoms with E-state index in [2.05, 4.69) is 18.9 Å². The van der Waals surface area contributed by atoms with Gasteiger partial charge < -0.3 is 10.5 Å². The van der Waals surface area contributed by atoms with Crippen LogP contribution >= 0.6 is 0 Å². The molecule has 0 aliphatic carbocycles. The van der Waals surface area contributed by atoms with Crippen molar-refractivity contribution in [2.75, 3.05) is 13.2 Å². The fourth-order valence-electron chi connectivity index (χ4n) is 2.39. The second-order valence-corrected chi connectivity index (χ2v) is 5.65. The molecule has 2 N–H and O–H groups in total. The molecule has 0 aliphatic rings. The first kappa shape index (κ1) is 15.5. The number of rotatable bonds is 7. The lowest BCUT2D eigenvalue weighted by molar-refractivity contribution is -0.120. The Labute approximate surface area is 125 Å². The van der Waals surface area contributed by atoms with Gasteiger partial charge in [-0.15, -0.1) is 0 Å². The standard InChI is InChI=1S/C16H23N3O2/c1-4-21-10-14(16(17)20)12-5-6-15-13(7-12)8-18-19(15)9-11(2)3/h5-8,11,14H,4,9-10H2,1-3H3,(H2,17,20). The van der Waals surface area contributed by atoms with E-state index in [-0.39, 0.29) is 5.91 Å². The van der Waals surface area contributed by atoms with E-state index in [1.165, 1.54) is 0 Å². The number of hydrogen-bond acceptors (Lipinski definition) is 3. The predicted octanol–water partition coefficient (Wildman–Crippen LogP) is 2.30. The van der Waals surface area contributed by atoms with Crippen LogP contribution in [0.5, 0.6) is 0 Å². The third-order valence-electron chi connectivity index (χ3n) is 3.44. The van der Waals surface area contributed by atoms with Gasteiger partial charge in [0.1, 0.15) is 0 Å². The van der Waals surface area contributed by atoms with Gasteiger partial charge in [0, 0.05) is 18.5 Å². The molecule has 0 bridgehead atoms. The van der Waals surface area contributed by atoms with E-state index in [1.54, 1.807) is 0 Å². The van der Waals surface area contributed by atoms with Crippen molar-refractivity contribution < 1.29 is 9.53 Å². The van der Waals surface area contributed by atoms with Gasteiger partial charge in [0.15, 0.2) is 0 Å². The molecule has 1 heterocycles. The second-order valence-electron chi connectivity index (χ2n) is 5.65. The summed E-state index contributed by atoms with van der Waals surface area (Å²) in [7, 11) is 0. The van der Waals surface area contributed by atoms with Gasteiger partial charge >= 0.3 is 0 Å². The van der Waals surface area contributed by atoms with Crippen molar-refractivity contribution in [2.45, 2.75) is 33.2 Å². The van der Waals surface area contributed by atoms with E-state index in [9.17, 15) is 4.79 Å². The summed E-state index contributed by atoms with van der Waals surface area (Å²) in [5.74, 6) is -0.246. The number of primary amides is 1. The number of ether oxygens (including phenoxy) is 1. The lowest BCUT2D eigenvalue weighted by Gasteiger charge is -2.14. The summed E-state index contributed by atoms with van der Waals surface area (Å²) in [5.41, 5.74) is 7.44. The van der Waals surface area contributed by atoms with Crippen LogP contribution in [0.2, 0.25) is 0 Å². The highest BCUT2D eigenvalue weighted by Gasteiger charge is 2.19. The lowest BCUT2D eigenvalue weighted by Crippen LogP contribution is -2.25. The Hall–Kier alpha value is -1.88. The van der Waals surface area contributed by atoms with E-state index < -0.39 is 5.92 Å². The van der Waals surface area contributed by atoms with Crippen molar-refractivity contribution >= 4 is 16.8 Å². The summed E-state index contributed by atoms with van der Waals surface area (Å²) in [6, 6.07) is 5.92. The Balaban J connectivity index is 2.31. The van der Waals surface area contributed by atoms with E-state index >= 15 is 0 Å². The first-order chi connectivity index (χ1) is 10.0. The molecule has 5 nitrogen and oxygen atoms in total. The number of amides is 1. The van der Waals surface area contributed by atoms with Gasteiger partial charge in [0.25, 0.3) is 0 Å². The van der Waals surface area contributed by atoms with E-state index in [4.69, 9.17) is 10.5 Å². The van der Waals surface area contributed by atoms with Crippen molar-refractivity contribution in [3.8, 4) is 0 Å². The fraction of sp³-hybridized carbons (Fsp3) is 0.500. The van der Waals surface area contributed by atoms with Crippen molar-refractivity contribution in [1.29, 1.82) is 0 Å². The van der Waals surface area contributed by atoms with E-state index in [0.717, 1.165) is 23.0 Å². The first-order valence-electron chi connectivity index (χ1n) is 7.35. The van der Waals surface area contributed by atoms with Gasteiger partial charge in [-0.1, -0.05) is 19.9 Å². The van der Waals surface area contributed by atoms with Gasteiger partial charge in [0.2, 0.25) is 5.91 Å². The van der Waals surface area contributed by atoms with Crippen LogP contribution in [0.15, 0.2) is 24.4 Å². The van der Waals surface area contributed by atoms with Crippen LogP contribution in [-0.4, -0.2) is 28.9 Å². The average molecular weight is 289 g/mol. The number of hydrogen-bond donors (Lipinski definition) is 1. The number of nitrogens with two attached hydrogens (primary N) is 1. The summed E-state index contributed by atoms with van der Waals surface area (Å²) in [5, 5.41) is 5.44. The van der Waals surface area contributed by atoms with E-state index in [0.29, 0.717) is 19.1 Å². The van der Waals surface area contributed by atoms with E-state index in [1.807, 2.05) is 36.0 Å². The van der Waals surface area contributed by atoms with Crippen LogP contribution in [0, 0.1) is 5.92 Å². The second kappa shape index (κ2) is 6.72. The summed E-state index contributed by atoms with van der Waals surface area (Å²) in [6.07, 6.45) is 1.83. The molecule has 0 saturated carbocycles. The predicted molar refractivity (Wildman–Crippen MR) is 83.0 cm³/mol. The normalized spacial score (nSPS) is 13.0. The Kier molecular flexibility index (Phi) is 4.96. The molecule has 1 aromatic heterocycles.